The molecule has 6 nitrogen and oxygen atoms in total. The summed E-state index contributed by atoms with van der Waals surface area (Å²) >= 11 is 0. The highest BCUT2D eigenvalue weighted by Gasteiger charge is 2.15. The number of rotatable bonds is 4. The van der Waals surface area contributed by atoms with E-state index in [1.807, 2.05) is 55.5 Å². The van der Waals surface area contributed by atoms with Gasteiger partial charge < -0.3 is 10.3 Å². The SMILES string of the molecule is Cc1ccc(-c2ncc[nH]2)cc1NC(=O)c1cncn1-c1ccccc1. The molecule has 2 heterocycles. The molecule has 26 heavy (non-hydrogen) atoms. The first kappa shape index (κ1) is 15.8. The minimum Gasteiger partial charge on any atom is -0.345 e. The maximum absolute atomic E-state index is 12.8. The number of carbonyl (C=O) groups is 1. The number of amides is 1. The number of H-pyrrole nitrogens is 1. The third-order valence-corrected chi connectivity index (χ3v) is 4.16. The summed E-state index contributed by atoms with van der Waals surface area (Å²) in [6.45, 7) is 1.95. The van der Waals surface area contributed by atoms with Gasteiger partial charge in [-0.2, -0.15) is 0 Å². The first-order valence-corrected chi connectivity index (χ1v) is 8.22. The number of aryl methyl sites for hydroxylation is 1. The fourth-order valence-electron chi connectivity index (χ4n) is 2.77. The molecule has 0 spiro atoms. The van der Waals surface area contributed by atoms with Gasteiger partial charge in [-0.25, -0.2) is 9.97 Å². The van der Waals surface area contributed by atoms with Crippen molar-refractivity contribution in [3.8, 4) is 17.1 Å². The van der Waals surface area contributed by atoms with Crippen LogP contribution in [0.1, 0.15) is 16.1 Å². The number of imidazole rings is 2. The van der Waals surface area contributed by atoms with Crippen molar-refractivity contribution in [2.24, 2.45) is 0 Å². The summed E-state index contributed by atoms with van der Waals surface area (Å²) in [5.41, 5.74) is 3.98. The minimum absolute atomic E-state index is 0.217. The molecule has 1 amide bonds. The van der Waals surface area contributed by atoms with Crippen LogP contribution in [0.4, 0.5) is 5.69 Å². The van der Waals surface area contributed by atoms with E-state index in [1.165, 1.54) is 0 Å². The molecule has 0 atom stereocenters. The highest BCUT2D eigenvalue weighted by Crippen LogP contribution is 2.24. The van der Waals surface area contributed by atoms with E-state index >= 15 is 0 Å². The molecular formula is C20H17N5O. The topological polar surface area (TPSA) is 75.6 Å². The quantitative estimate of drug-likeness (QED) is 0.591. The lowest BCUT2D eigenvalue weighted by atomic mass is 10.1. The molecule has 0 radical (unpaired) electrons. The van der Waals surface area contributed by atoms with Crippen LogP contribution in [0, 0.1) is 6.92 Å². The monoisotopic (exact) mass is 343 g/mol. The molecule has 128 valence electrons. The van der Waals surface area contributed by atoms with Crippen molar-refractivity contribution in [3.05, 3.63) is 84.7 Å². The molecule has 4 rings (SSSR count). The van der Waals surface area contributed by atoms with Crippen LogP contribution in [0.5, 0.6) is 0 Å². The number of carbonyl (C=O) groups excluding carboxylic acids is 1. The summed E-state index contributed by atoms with van der Waals surface area (Å²) < 4.78 is 1.76. The highest BCUT2D eigenvalue weighted by molar-refractivity contribution is 6.04. The highest BCUT2D eigenvalue weighted by atomic mass is 16.2. The van der Waals surface area contributed by atoms with Crippen molar-refractivity contribution in [1.29, 1.82) is 0 Å². The minimum atomic E-state index is -0.217. The van der Waals surface area contributed by atoms with E-state index < -0.39 is 0 Å². The molecule has 0 aliphatic carbocycles. The summed E-state index contributed by atoms with van der Waals surface area (Å²) in [4.78, 5) is 24.3. The molecule has 0 aliphatic heterocycles. The lowest BCUT2D eigenvalue weighted by molar-refractivity contribution is 0.102. The maximum atomic E-state index is 12.8. The van der Waals surface area contributed by atoms with Gasteiger partial charge in [0.25, 0.3) is 5.91 Å². The Morgan fingerprint density at radius 2 is 2.00 bits per heavy atom. The van der Waals surface area contributed by atoms with Gasteiger partial charge in [-0.1, -0.05) is 30.3 Å². The number of para-hydroxylation sites is 1. The molecule has 0 saturated carbocycles. The summed E-state index contributed by atoms with van der Waals surface area (Å²) in [6, 6.07) is 15.5. The Hall–Kier alpha value is -3.67. The summed E-state index contributed by atoms with van der Waals surface area (Å²) in [7, 11) is 0. The number of aromatic nitrogens is 4. The molecule has 2 N–H and O–H groups in total. The van der Waals surface area contributed by atoms with Crippen molar-refractivity contribution < 1.29 is 4.79 Å². The van der Waals surface area contributed by atoms with Crippen LogP contribution in [-0.2, 0) is 0 Å². The molecule has 4 aromatic rings. The number of anilines is 1. The van der Waals surface area contributed by atoms with Gasteiger partial charge in [-0.15, -0.1) is 0 Å². The Morgan fingerprint density at radius 3 is 2.77 bits per heavy atom. The number of nitrogens with zero attached hydrogens (tertiary/aromatic N) is 3. The Morgan fingerprint density at radius 1 is 1.15 bits per heavy atom. The number of nitrogens with one attached hydrogen (secondary N) is 2. The Bertz CT molecular complexity index is 1040. The van der Waals surface area contributed by atoms with Crippen LogP contribution in [0.25, 0.3) is 17.1 Å². The number of aromatic amines is 1. The fourth-order valence-corrected chi connectivity index (χ4v) is 2.77. The van der Waals surface area contributed by atoms with Gasteiger partial charge in [0, 0.05) is 29.3 Å². The van der Waals surface area contributed by atoms with Crippen LogP contribution in [-0.4, -0.2) is 25.4 Å². The third-order valence-electron chi connectivity index (χ3n) is 4.16. The van der Waals surface area contributed by atoms with E-state index in [9.17, 15) is 4.79 Å². The molecule has 0 saturated heterocycles. The molecular weight excluding hydrogens is 326 g/mol. The number of hydrogen-bond donors (Lipinski definition) is 2. The van der Waals surface area contributed by atoms with Crippen molar-refractivity contribution in [2.45, 2.75) is 6.92 Å². The molecule has 0 aliphatic rings. The maximum Gasteiger partial charge on any atom is 0.274 e. The van der Waals surface area contributed by atoms with E-state index in [-0.39, 0.29) is 5.91 Å². The second kappa shape index (κ2) is 6.68. The zero-order chi connectivity index (χ0) is 17.9. The molecule has 2 aromatic heterocycles. The Kier molecular flexibility index (Phi) is 4.07. The van der Waals surface area contributed by atoms with Gasteiger partial charge in [0.05, 0.1) is 12.5 Å². The molecule has 2 aromatic carbocycles. The van der Waals surface area contributed by atoms with Gasteiger partial charge >= 0.3 is 0 Å². The fraction of sp³-hybridized carbons (Fsp3) is 0.0500. The van der Waals surface area contributed by atoms with Gasteiger partial charge in [0.15, 0.2) is 0 Å². The summed E-state index contributed by atoms with van der Waals surface area (Å²) in [5.74, 6) is 0.542. The predicted octanol–water partition coefficient (Wildman–Crippen LogP) is 3.82. The second-order valence-electron chi connectivity index (χ2n) is 5.91. The molecule has 6 heteroatoms. The average molecular weight is 343 g/mol. The van der Waals surface area contributed by atoms with E-state index in [1.54, 1.807) is 29.5 Å². The van der Waals surface area contributed by atoms with Crippen LogP contribution in [0.15, 0.2) is 73.4 Å². The van der Waals surface area contributed by atoms with E-state index in [0.717, 1.165) is 28.3 Å². The van der Waals surface area contributed by atoms with Gasteiger partial charge in [-0.3, -0.25) is 9.36 Å². The number of benzene rings is 2. The molecule has 0 fully saturated rings. The van der Waals surface area contributed by atoms with Crippen LogP contribution in [0.2, 0.25) is 0 Å². The zero-order valence-corrected chi connectivity index (χ0v) is 14.2. The van der Waals surface area contributed by atoms with Crippen LogP contribution < -0.4 is 5.32 Å². The summed E-state index contributed by atoms with van der Waals surface area (Å²) in [6.07, 6.45) is 6.67. The Balaban J connectivity index is 1.64. The van der Waals surface area contributed by atoms with Crippen molar-refractivity contribution in [2.75, 3.05) is 5.32 Å². The van der Waals surface area contributed by atoms with E-state index in [2.05, 4.69) is 20.3 Å². The first-order valence-electron chi connectivity index (χ1n) is 8.22. The van der Waals surface area contributed by atoms with Crippen LogP contribution >= 0.6 is 0 Å². The molecule has 0 unspecified atom stereocenters. The third kappa shape index (κ3) is 3.00. The van der Waals surface area contributed by atoms with Crippen molar-refractivity contribution in [1.82, 2.24) is 19.5 Å². The second-order valence-corrected chi connectivity index (χ2v) is 5.91. The van der Waals surface area contributed by atoms with E-state index in [0.29, 0.717) is 5.69 Å². The number of hydrogen-bond acceptors (Lipinski definition) is 3. The van der Waals surface area contributed by atoms with Gasteiger partial charge in [-0.05, 0) is 30.7 Å². The Labute approximate surface area is 150 Å². The van der Waals surface area contributed by atoms with Crippen molar-refractivity contribution in [3.63, 3.8) is 0 Å². The predicted molar refractivity (Wildman–Crippen MR) is 100 cm³/mol. The summed E-state index contributed by atoms with van der Waals surface area (Å²) in [5, 5.41) is 2.98. The first-order chi connectivity index (χ1) is 12.7. The van der Waals surface area contributed by atoms with E-state index in [4.69, 9.17) is 0 Å². The largest absolute Gasteiger partial charge is 0.345 e. The normalized spacial score (nSPS) is 10.7. The van der Waals surface area contributed by atoms with Crippen LogP contribution in [0.3, 0.4) is 0 Å². The molecule has 0 bridgehead atoms. The van der Waals surface area contributed by atoms with Gasteiger partial charge in [0.2, 0.25) is 0 Å². The standard InChI is InChI=1S/C20H17N5O/c1-14-7-8-15(19-22-9-10-23-19)11-17(14)24-20(26)18-12-21-13-25(18)16-5-3-2-4-6-16/h2-13H,1H3,(H,22,23)(H,24,26). The van der Waals surface area contributed by atoms with Crippen molar-refractivity contribution >= 4 is 11.6 Å². The average Bonchev–Trinajstić information content (AvgIpc) is 3.36. The van der Waals surface area contributed by atoms with Gasteiger partial charge in [0.1, 0.15) is 11.5 Å². The smallest absolute Gasteiger partial charge is 0.274 e. The zero-order valence-electron chi connectivity index (χ0n) is 14.2. The lowest BCUT2D eigenvalue weighted by Gasteiger charge is -2.11. The lowest BCUT2D eigenvalue weighted by Crippen LogP contribution is -2.16.